The smallest absolute Gasteiger partial charge is 0.0508 e. The van der Waals surface area contributed by atoms with Crippen molar-refractivity contribution in [2.75, 3.05) is 0 Å². The van der Waals surface area contributed by atoms with Crippen molar-refractivity contribution in [2.45, 2.75) is 32.7 Å². The second-order valence-corrected chi connectivity index (χ2v) is 5.51. The number of nitrogens with zero attached hydrogens (tertiary/aromatic N) is 1. The van der Waals surface area contributed by atoms with Gasteiger partial charge in [0.25, 0.3) is 0 Å². The van der Waals surface area contributed by atoms with Gasteiger partial charge in [0.2, 0.25) is 0 Å². The molecule has 104 valence electrons. The second-order valence-electron chi connectivity index (χ2n) is 5.11. The zero-order valence-corrected chi connectivity index (χ0v) is 12.8. The van der Waals surface area contributed by atoms with E-state index < -0.39 is 0 Å². The highest BCUT2D eigenvalue weighted by atomic mass is 35.5. The van der Waals surface area contributed by atoms with Crippen molar-refractivity contribution in [3.05, 3.63) is 70.2 Å². The molecule has 0 aliphatic rings. The van der Waals surface area contributed by atoms with E-state index in [-0.39, 0.29) is 0 Å². The molecule has 2 aromatic rings. The fraction of sp³-hybridized carbons (Fsp3) is 0.278. The van der Waals surface area contributed by atoms with Gasteiger partial charge in [-0.05, 0) is 43.0 Å². The first-order valence-corrected chi connectivity index (χ1v) is 7.34. The van der Waals surface area contributed by atoms with Gasteiger partial charge in [-0.2, -0.15) is 0 Å². The normalized spacial score (nSPS) is 12.8. The molecule has 0 radical (unpaired) electrons. The maximum Gasteiger partial charge on any atom is 0.0508 e. The molecule has 0 aliphatic heterocycles. The Labute approximate surface area is 126 Å². The Bertz CT molecular complexity index is 589. The molecule has 0 aromatic heterocycles. The fourth-order valence-corrected chi connectivity index (χ4v) is 2.42. The number of halogens is 1. The van der Waals surface area contributed by atoms with E-state index >= 15 is 0 Å². The Hall–Kier alpha value is -1.60. The van der Waals surface area contributed by atoms with Gasteiger partial charge < -0.3 is 0 Å². The molecule has 0 unspecified atom stereocenters. The summed E-state index contributed by atoms with van der Waals surface area (Å²) < 4.78 is 0. The molecule has 20 heavy (non-hydrogen) atoms. The quantitative estimate of drug-likeness (QED) is 0.693. The predicted octanol–water partition coefficient (Wildman–Crippen LogP) is 4.89. The van der Waals surface area contributed by atoms with Crippen molar-refractivity contribution in [1.29, 1.82) is 0 Å². The van der Waals surface area contributed by atoms with Crippen LogP contribution in [0.4, 0.5) is 0 Å². The summed E-state index contributed by atoms with van der Waals surface area (Å²) in [6, 6.07) is 16.7. The van der Waals surface area contributed by atoms with Gasteiger partial charge in [-0.15, -0.1) is 0 Å². The van der Waals surface area contributed by atoms with Gasteiger partial charge in [-0.25, -0.2) is 0 Å². The summed E-state index contributed by atoms with van der Waals surface area (Å²) in [4.78, 5) is 4.61. The van der Waals surface area contributed by atoms with Crippen LogP contribution in [0.3, 0.4) is 0 Å². The molecule has 1 nitrogen and oxygen atoms in total. The standard InChI is InChI=1S/C18H20ClN/c1-14-7-3-4-9-17(14)13-15(2)20-12-11-16-8-5-6-10-18(16)19/h3-10,12,15H,11,13H2,1-2H3/t15-/m1/s1. The van der Waals surface area contributed by atoms with Crippen LogP contribution in [0.1, 0.15) is 23.6 Å². The van der Waals surface area contributed by atoms with E-state index in [9.17, 15) is 0 Å². The van der Waals surface area contributed by atoms with Crippen LogP contribution in [0.5, 0.6) is 0 Å². The molecule has 2 heteroatoms. The van der Waals surface area contributed by atoms with Gasteiger partial charge in [0.1, 0.15) is 0 Å². The van der Waals surface area contributed by atoms with Crippen LogP contribution in [0.25, 0.3) is 0 Å². The van der Waals surface area contributed by atoms with Crippen LogP contribution in [-0.2, 0) is 12.8 Å². The third kappa shape index (κ3) is 4.21. The lowest BCUT2D eigenvalue weighted by Crippen LogP contribution is -2.05. The van der Waals surface area contributed by atoms with Crippen LogP contribution in [0.2, 0.25) is 5.02 Å². The molecule has 0 fully saturated rings. The molecule has 0 aliphatic carbocycles. The highest BCUT2D eigenvalue weighted by molar-refractivity contribution is 6.31. The van der Waals surface area contributed by atoms with Crippen LogP contribution in [-0.4, -0.2) is 12.3 Å². The van der Waals surface area contributed by atoms with E-state index in [4.69, 9.17) is 11.6 Å². The van der Waals surface area contributed by atoms with Gasteiger partial charge >= 0.3 is 0 Å². The van der Waals surface area contributed by atoms with E-state index in [2.05, 4.69) is 43.1 Å². The van der Waals surface area contributed by atoms with Crippen molar-refractivity contribution >= 4 is 17.8 Å². The first-order valence-electron chi connectivity index (χ1n) is 6.96. The van der Waals surface area contributed by atoms with E-state index in [0.717, 1.165) is 23.4 Å². The minimum Gasteiger partial charge on any atom is -0.294 e. The predicted molar refractivity (Wildman–Crippen MR) is 88.0 cm³/mol. The molecular weight excluding hydrogens is 266 g/mol. The van der Waals surface area contributed by atoms with Gasteiger partial charge in [0.05, 0.1) is 6.04 Å². The highest BCUT2D eigenvalue weighted by Gasteiger charge is 2.03. The van der Waals surface area contributed by atoms with Gasteiger partial charge in [-0.3, -0.25) is 4.99 Å². The molecule has 0 amide bonds. The Kier molecular flexibility index (Phi) is 5.37. The van der Waals surface area contributed by atoms with Crippen molar-refractivity contribution in [2.24, 2.45) is 4.99 Å². The first kappa shape index (κ1) is 14.8. The van der Waals surface area contributed by atoms with Crippen molar-refractivity contribution < 1.29 is 0 Å². The minimum absolute atomic E-state index is 0.290. The van der Waals surface area contributed by atoms with Crippen LogP contribution in [0.15, 0.2) is 53.5 Å². The fourth-order valence-electron chi connectivity index (χ4n) is 2.21. The largest absolute Gasteiger partial charge is 0.294 e. The van der Waals surface area contributed by atoms with E-state index in [1.54, 1.807) is 0 Å². The summed E-state index contributed by atoms with van der Waals surface area (Å²) in [6.07, 6.45) is 3.74. The minimum atomic E-state index is 0.290. The van der Waals surface area contributed by atoms with Gasteiger partial charge in [0.15, 0.2) is 0 Å². The Balaban J connectivity index is 1.92. The molecule has 0 saturated carbocycles. The number of benzene rings is 2. The average molecular weight is 286 g/mol. The molecule has 0 bridgehead atoms. The summed E-state index contributed by atoms with van der Waals surface area (Å²) in [5.74, 6) is 0. The Morgan fingerprint density at radius 1 is 1.05 bits per heavy atom. The summed E-state index contributed by atoms with van der Waals surface area (Å²) in [5, 5.41) is 0.811. The zero-order valence-electron chi connectivity index (χ0n) is 12.0. The third-order valence-corrected chi connectivity index (χ3v) is 3.77. The topological polar surface area (TPSA) is 12.4 Å². The summed E-state index contributed by atoms with van der Waals surface area (Å²) in [7, 11) is 0. The number of aryl methyl sites for hydroxylation is 1. The number of hydrogen-bond donors (Lipinski definition) is 0. The van der Waals surface area contributed by atoms with Crippen molar-refractivity contribution in [3.63, 3.8) is 0 Å². The number of aliphatic imine (C=N–C) groups is 1. The molecule has 1 atom stereocenters. The monoisotopic (exact) mass is 285 g/mol. The van der Waals surface area contributed by atoms with E-state index in [0.29, 0.717) is 6.04 Å². The second kappa shape index (κ2) is 7.25. The maximum absolute atomic E-state index is 6.13. The van der Waals surface area contributed by atoms with Crippen molar-refractivity contribution in [1.82, 2.24) is 0 Å². The lowest BCUT2D eigenvalue weighted by molar-refractivity contribution is 0.739. The lowest BCUT2D eigenvalue weighted by Gasteiger charge is -2.09. The molecule has 0 saturated heterocycles. The summed E-state index contributed by atoms with van der Waals surface area (Å²) in [5.41, 5.74) is 3.83. The first-order chi connectivity index (χ1) is 9.66. The SMILES string of the molecule is Cc1ccccc1C[C@@H](C)N=CCc1ccccc1Cl. The molecule has 2 rings (SSSR count). The van der Waals surface area contributed by atoms with E-state index in [1.165, 1.54) is 11.1 Å². The maximum atomic E-state index is 6.13. The van der Waals surface area contributed by atoms with Crippen LogP contribution in [0, 0.1) is 6.92 Å². The van der Waals surface area contributed by atoms with Crippen LogP contribution >= 0.6 is 11.6 Å². The zero-order chi connectivity index (χ0) is 14.4. The van der Waals surface area contributed by atoms with E-state index in [1.807, 2.05) is 30.5 Å². The average Bonchev–Trinajstić information content (AvgIpc) is 2.43. The molecule has 0 N–H and O–H groups in total. The molecule has 2 aromatic carbocycles. The Morgan fingerprint density at radius 2 is 1.70 bits per heavy atom. The Morgan fingerprint density at radius 3 is 2.40 bits per heavy atom. The molecule has 0 spiro atoms. The summed E-state index contributed by atoms with van der Waals surface area (Å²) >= 11 is 6.13. The van der Waals surface area contributed by atoms with Gasteiger partial charge in [-0.1, -0.05) is 54.1 Å². The summed E-state index contributed by atoms with van der Waals surface area (Å²) in [6.45, 7) is 4.30. The molecular formula is C18H20ClN. The van der Waals surface area contributed by atoms with Crippen LogP contribution < -0.4 is 0 Å². The number of hydrogen-bond acceptors (Lipinski definition) is 1. The highest BCUT2D eigenvalue weighted by Crippen LogP contribution is 2.15. The van der Waals surface area contributed by atoms with Crippen molar-refractivity contribution in [3.8, 4) is 0 Å². The third-order valence-electron chi connectivity index (χ3n) is 3.41. The molecule has 0 heterocycles. The lowest BCUT2D eigenvalue weighted by atomic mass is 10.0. The van der Waals surface area contributed by atoms with Gasteiger partial charge in [0, 0.05) is 17.7 Å². The number of rotatable bonds is 5.